The summed E-state index contributed by atoms with van der Waals surface area (Å²) in [7, 11) is 1.44. The molecule has 0 radical (unpaired) electrons. The summed E-state index contributed by atoms with van der Waals surface area (Å²) in [5.74, 6) is 0.408. The van der Waals surface area contributed by atoms with Crippen molar-refractivity contribution in [3.05, 3.63) is 41.4 Å². The summed E-state index contributed by atoms with van der Waals surface area (Å²) >= 11 is 5.76. The van der Waals surface area contributed by atoms with Crippen LogP contribution in [-0.4, -0.2) is 17.1 Å². The first-order valence-electron chi connectivity index (χ1n) is 5.15. The number of aromatic nitrogens is 2. The third kappa shape index (κ3) is 2.96. The maximum Gasteiger partial charge on any atom is 0.433 e. The molecular formula is C12H8ClF3N2O. The van der Waals surface area contributed by atoms with Gasteiger partial charge in [0.1, 0.15) is 16.6 Å². The first kappa shape index (κ1) is 13.6. The standard InChI is InChI=1S/C12H8ClF3N2O/c1-19-9-6-18-11(13)4-8(9)7-2-3-10(17-5-7)12(14,15)16/h2-6H,1H3. The van der Waals surface area contributed by atoms with Gasteiger partial charge in [-0.2, -0.15) is 13.2 Å². The van der Waals surface area contributed by atoms with Gasteiger partial charge in [0, 0.05) is 17.3 Å². The molecular weight excluding hydrogens is 281 g/mol. The lowest BCUT2D eigenvalue weighted by molar-refractivity contribution is -0.141. The Labute approximate surface area is 112 Å². The minimum absolute atomic E-state index is 0.218. The predicted octanol–water partition coefficient (Wildman–Crippen LogP) is 3.82. The zero-order valence-electron chi connectivity index (χ0n) is 9.70. The van der Waals surface area contributed by atoms with Gasteiger partial charge in [-0.3, -0.25) is 4.98 Å². The zero-order valence-corrected chi connectivity index (χ0v) is 10.5. The number of hydrogen-bond donors (Lipinski definition) is 0. The Morgan fingerprint density at radius 3 is 2.42 bits per heavy atom. The lowest BCUT2D eigenvalue weighted by Crippen LogP contribution is -2.07. The van der Waals surface area contributed by atoms with Crippen molar-refractivity contribution in [3.8, 4) is 16.9 Å². The third-order valence-electron chi connectivity index (χ3n) is 2.42. The number of rotatable bonds is 2. The van der Waals surface area contributed by atoms with Crippen molar-refractivity contribution in [3.63, 3.8) is 0 Å². The van der Waals surface area contributed by atoms with E-state index in [2.05, 4.69) is 9.97 Å². The van der Waals surface area contributed by atoms with E-state index < -0.39 is 11.9 Å². The Balaban J connectivity index is 2.45. The van der Waals surface area contributed by atoms with Gasteiger partial charge in [0.2, 0.25) is 0 Å². The molecule has 0 saturated carbocycles. The number of hydrogen-bond acceptors (Lipinski definition) is 3. The van der Waals surface area contributed by atoms with Crippen molar-refractivity contribution in [1.82, 2.24) is 9.97 Å². The molecule has 0 unspecified atom stereocenters. The Bertz CT molecular complexity index is 585. The fourth-order valence-corrected chi connectivity index (χ4v) is 1.68. The van der Waals surface area contributed by atoms with Gasteiger partial charge < -0.3 is 4.74 Å². The van der Waals surface area contributed by atoms with E-state index in [4.69, 9.17) is 16.3 Å². The molecule has 0 spiro atoms. The monoisotopic (exact) mass is 288 g/mol. The van der Waals surface area contributed by atoms with Crippen LogP contribution >= 0.6 is 11.6 Å². The maximum absolute atomic E-state index is 12.4. The first-order chi connectivity index (χ1) is 8.91. The molecule has 7 heteroatoms. The van der Waals surface area contributed by atoms with Crippen LogP contribution in [0, 0.1) is 0 Å². The lowest BCUT2D eigenvalue weighted by Gasteiger charge is -2.10. The minimum atomic E-state index is -4.46. The molecule has 0 aliphatic rings. The van der Waals surface area contributed by atoms with Crippen LogP contribution in [0.25, 0.3) is 11.1 Å². The molecule has 2 aromatic heterocycles. The van der Waals surface area contributed by atoms with Gasteiger partial charge >= 0.3 is 6.18 Å². The summed E-state index contributed by atoms with van der Waals surface area (Å²) < 4.78 is 42.3. The van der Waals surface area contributed by atoms with E-state index in [1.807, 2.05) is 0 Å². The smallest absolute Gasteiger partial charge is 0.433 e. The molecule has 0 bridgehead atoms. The third-order valence-corrected chi connectivity index (χ3v) is 2.63. The molecule has 100 valence electrons. The normalized spacial score (nSPS) is 11.4. The van der Waals surface area contributed by atoms with E-state index in [0.717, 1.165) is 12.3 Å². The number of ether oxygens (including phenoxy) is 1. The van der Waals surface area contributed by atoms with Gasteiger partial charge in [0.25, 0.3) is 0 Å². The molecule has 0 fully saturated rings. The first-order valence-corrected chi connectivity index (χ1v) is 5.53. The second-order valence-electron chi connectivity index (χ2n) is 3.64. The SMILES string of the molecule is COc1cnc(Cl)cc1-c1ccc(C(F)(F)F)nc1. The molecule has 0 aliphatic carbocycles. The second kappa shape index (κ2) is 5.05. The summed E-state index contributed by atoms with van der Waals surface area (Å²) in [5.41, 5.74) is 0.0493. The van der Waals surface area contributed by atoms with Gasteiger partial charge in [-0.05, 0) is 12.1 Å². The summed E-state index contributed by atoms with van der Waals surface area (Å²) in [5, 5.41) is 0.218. The number of halogens is 4. The van der Waals surface area contributed by atoms with Crippen molar-refractivity contribution in [1.29, 1.82) is 0 Å². The fourth-order valence-electron chi connectivity index (χ4n) is 1.53. The van der Waals surface area contributed by atoms with Gasteiger partial charge in [-0.15, -0.1) is 0 Å². The quantitative estimate of drug-likeness (QED) is 0.788. The van der Waals surface area contributed by atoms with Gasteiger partial charge in [-0.25, -0.2) is 4.98 Å². The highest BCUT2D eigenvalue weighted by atomic mass is 35.5. The molecule has 2 rings (SSSR count). The van der Waals surface area contributed by atoms with Crippen molar-refractivity contribution >= 4 is 11.6 Å². The topological polar surface area (TPSA) is 35.0 Å². The van der Waals surface area contributed by atoms with Crippen molar-refractivity contribution in [2.45, 2.75) is 6.18 Å². The van der Waals surface area contributed by atoms with E-state index in [-0.39, 0.29) is 5.15 Å². The summed E-state index contributed by atoms with van der Waals surface area (Å²) in [6.45, 7) is 0. The number of nitrogens with zero attached hydrogens (tertiary/aromatic N) is 2. The van der Waals surface area contributed by atoms with E-state index in [0.29, 0.717) is 16.9 Å². The van der Waals surface area contributed by atoms with E-state index >= 15 is 0 Å². The van der Waals surface area contributed by atoms with Crippen molar-refractivity contribution < 1.29 is 17.9 Å². The highest BCUT2D eigenvalue weighted by Crippen LogP contribution is 2.33. The molecule has 2 aromatic rings. The molecule has 0 amide bonds. The summed E-state index contributed by atoms with van der Waals surface area (Å²) in [6, 6.07) is 3.72. The van der Waals surface area contributed by atoms with E-state index in [1.165, 1.54) is 25.4 Å². The highest BCUT2D eigenvalue weighted by Gasteiger charge is 2.32. The Kier molecular flexibility index (Phi) is 3.61. The summed E-state index contributed by atoms with van der Waals surface area (Å²) in [4.78, 5) is 7.22. The van der Waals surface area contributed by atoms with Gasteiger partial charge in [0.05, 0.1) is 13.3 Å². The minimum Gasteiger partial charge on any atom is -0.494 e. The molecule has 0 aromatic carbocycles. The van der Waals surface area contributed by atoms with Crippen LogP contribution in [0.15, 0.2) is 30.6 Å². The second-order valence-corrected chi connectivity index (χ2v) is 4.02. The molecule has 0 N–H and O–H groups in total. The number of methoxy groups -OCH3 is 1. The summed E-state index contributed by atoms with van der Waals surface area (Å²) in [6.07, 6.45) is -1.94. The average Bonchev–Trinajstić information content (AvgIpc) is 2.38. The maximum atomic E-state index is 12.4. The van der Waals surface area contributed by atoms with Crippen LogP contribution in [-0.2, 0) is 6.18 Å². The van der Waals surface area contributed by atoms with Crippen LogP contribution in [0.2, 0.25) is 5.15 Å². The van der Waals surface area contributed by atoms with E-state index in [1.54, 1.807) is 0 Å². The van der Waals surface area contributed by atoms with Crippen LogP contribution in [0.3, 0.4) is 0 Å². The van der Waals surface area contributed by atoms with E-state index in [9.17, 15) is 13.2 Å². The van der Waals surface area contributed by atoms with Gasteiger partial charge in [-0.1, -0.05) is 17.7 Å². The molecule has 0 saturated heterocycles. The largest absolute Gasteiger partial charge is 0.494 e. The van der Waals surface area contributed by atoms with Gasteiger partial charge in [0.15, 0.2) is 0 Å². The fraction of sp³-hybridized carbons (Fsp3) is 0.167. The Morgan fingerprint density at radius 1 is 1.16 bits per heavy atom. The molecule has 2 heterocycles. The van der Waals surface area contributed by atoms with Crippen molar-refractivity contribution in [2.75, 3.05) is 7.11 Å². The number of alkyl halides is 3. The Morgan fingerprint density at radius 2 is 1.89 bits per heavy atom. The molecule has 3 nitrogen and oxygen atoms in total. The average molecular weight is 289 g/mol. The number of pyridine rings is 2. The molecule has 0 atom stereocenters. The highest BCUT2D eigenvalue weighted by molar-refractivity contribution is 6.29. The lowest BCUT2D eigenvalue weighted by atomic mass is 10.1. The predicted molar refractivity (Wildman–Crippen MR) is 64.0 cm³/mol. The van der Waals surface area contributed by atoms with Crippen LogP contribution in [0.4, 0.5) is 13.2 Å². The Hall–Kier alpha value is -1.82. The van der Waals surface area contributed by atoms with Crippen LogP contribution in [0.1, 0.15) is 5.69 Å². The van der Waals surface area contributed by atoms with Crippen molar-refractivity contribution in [2.24, 2.45) is 0 Å². The van der Waals surface area contributed by atoms with Crippen LogP contribution in [0.5, 0.6) is 5.75 Å². The zero-order chi connectivity index (χ0) is 14.0. The molecule has 0 aliphatic heterocycles. The molecule has 19 heavy (non-hydrogen) atoms. The van der Waals surface area contributed by atoms with Crippen LogP contribution < -0.4 is 4.74 Å².